The molecule has 0 aromatic rings. The van der Waals surface area contributed by atoms with Crippen LogP contribution < -0.4 is 0 Å². The molecule has 0 saturated heterocycles. The fourth-order valence-corrected chi connectivity index (χ4v) is 0.352. The molecule has 0 aliphatic rings. The highest BCUT2D eigenvalue weighted by molar-refractivity contribution is 5.86. The van der Waals surface area contributed by atoms with E-state index < -0.39 is 5.97 Å². The second-order valence-corrected chi connectivity index (χ2v) is 1.49. The molecule has 0 saturated carbocycles. The summed E-state index contributed by atoms with van der Waals surface area (Å²) in [5.41, 5.74) is 0. The SMILES string of the molecule is CCC#CCC#CC(=O)O. The molecule has 52 valence electrons. The summed E-state index contributed by atoms with van der Waals surface area (Å²) in [4.78, 5) is 9.81. The first kappa shape index (κ1) is 8.59. The summed E-state index contributed by atoms with van der Waals surface area (Å²) in [6.45, 7) is 1.93. The third-order valence-corrected chi connectivity index (χ3v) is 0.674. The Morgan fingerprint density at radius 2 is 2.10 bits per heavy atom. The predicted molar refractivity (Wildman–Crippen MR) is 38.1 cm³/mol. The van der Waals surface area contributed by atoms with E-state index in [1.54, 1.807) is 0 Å². The van der Waals surface area contributed by atoms with Gasteiger partial charge < -0.3 is 5.11 Å². The van der Waals surface area contributed by atoms with E-state index in [-0.39, 0.29) is 0 Å². The van der Waals surface area contributed by atoms with Crippen LogP contribution in [0.5, 0.6) is 0 Å². The Morgan fingerprint density at radius 1 is 1.40 bits per heavy atom. The molecule has 10 heavy (non-hydrogen) atoms. The van der Waals surface area contributed by atoms with Crippen LogP contribution in [0.15, 0.2) is 0 Å². The van der Waals surface area contributed by atoms with Gasteiger partial charge in [-0.2, -0.15) is 0 Å². The van der Waals surface area contributed by atoms with Crippen molar-refractivity contribution in [3.8, 4) is 23.7 Å². The molecule has 0 amide bonds. The van der Waals surface area contributed by atoms with Gasteiger partial charge in [0.1, 0.15) is 0 Å². The van der Waals surface area contributed by atoms with Crippen LogP contribution in [0.3, 0.4) is 0 Å². The summed E-state index contributed by atoms with van der Waals surface area (Å²) in [5.74, 6) is 8.75. The predicted octanol–water partition coefficient (Wildman–Crippen LogP) is 0.878. The molecule has 0 aromatic carbocycles. The van der Waals surface area contributed by atoms with Gasteiger partial charge in [-0.3, -0.25) is 0 Å². The molecule has 0 atom stereocenters. The van der Waals surface area contributed by atoms with Crippen molar-refractivity contribution in [2.24, 2.45) is 0 Å². The van der Waals surface area contributed by atoms with Crippen molar-refractivity contribution in [3.05, 3.63) is 0 Å². The van der Waals surface area contributed by atoms with Crippen LogP contribution in [0.1, 0.15) is 19.8 Å². The molecule has 0 spiro atoms. The molecule has 0 aliphatic heterocycles. The lowest BCUT2D eigenvalue weighted by Gasteiger charge is -1.70. The number of carbonyl (C=O) groups is 1. The normalized spacial score (nSPS) is 6.50. The van der Waals surface area contributed by atoms with E-state index in [0.29, 0.717) is 6.42 Å². The molecular formula is C8H8O2. The summed E-state index contributed by atoms with van der Waals surface area (Å²) in [5, 5.41) is 8.05. The summed E-state index contributed by atoms with van der Waals surface area (Å²) in [7, 11) is 0. The van der Waals surface area contributed by atoms with Gasteiger partial charge in [-0.15, -0.1) is 5.92 Å². The number of carboxylic acid groups (broad SMARTS) is 1. The Morgan fingerprint density at radius 3 is 2.60 bits per heavy atom. The monoisotopic (exact) mass is 136 g/mol. The zero-order valence-corrected chi connectivity index (χ0v) is 5.77. The highest BCUT2D eigenvalue weighted by atomic mass is 16.4. The zero-order chi connectivity index (χ0) is 7.82. The molecule has 0 aliphatic carbocycles. The lowest BCUT2D eigenvalue weighted by Crippen LogP contribution is -1.85. The van der Waals surface area contributed by atoms with Crippen LogP contribution >= 0.6 is 0 Å². The Kier molecular flexibility index (Phi) is 4.91. The molecule has 0 rings (SSSR count). The Hall–Kier alpha value is -1.41. The molecular weight excluding hydrogens is 128 g/mol. The summed E-state index contributed by atoms with van der Waals surface area (Å²) in [6, 6.07) is 0. The van der Waals surface area contributed by atoms with Gasteiger partial charge >= 0.3 is 5.97 Å². The van der Waals surface area contributed by atoms with Crippen molar-refractivity contribution in [3.63, 3.8) is 0 Å². The van der Waals surface area contributed by atoms with E-state index in [1.165, 1.54) is 0 Å². The Bertz CT molecular complexity index is 219. The molecule has 2 heteroatoms. The van der Waals surface area contributed by atoms with Crippen LogP contribution in [-0.4, -0.2) is 11.1 Å². The second kappa shape index (κ2) is 5.72. The Labute approximate surface area is 60.2 Å². The van der Waals surface area contributed by atoms with E-state index in [4.69, 9.17) is 5.11 Å². The van der Waals surface area contributed by atoms with E-state index in [0.717, 1.165) is 6.42 Å². The van der Waals surface area contributed by atoms with E-state index in [1.807, 2.05) is 12.8 Å². The van der Waals surface area contributed by atoms with Gasteiger partial charge in [0.25, 0.3) is 0 Å². The highest BCUT2D eigenvalue weighted by Gasteiger charge is 1.79. The van der Waals surface area contributed by atoms with Gasteiger partial charge in [0, 0.05) is 12.3 Å². The first-order valence-electron chi connectivity index (χ1n) is 2.95. The van der Waals surface area contributed by atoms with Crippen molar-refractivity contribution >= 4 is 5.97 Å². The highest BCUT2D eigenvalue weighted by Crippen LogP contribution is 1.72. The molecule has 0 unspecified atom stereocenters. The van der Waals surface area contributed by atoms with E-state index >= 15 is 0 Å². The molecule has 0 bridgehead atoms. The van der Waals surface area contributed by atoms with Gasteiger partial charge in [0.2, 0.25) is 0 Å². The smallest absolute Gasteiger partial charge is 0.381 e. The lowest BCUT2D eigenvalue weighted by atomic mass is 10.4. The van der Waals surface area contributed by atoms with Crippen molar-refractivity contribution in [2.45, 2.75) is 19.8 Å². The van der Waals surface area contributed by atoms with Crippen LogP contribution in [0.4, 0.5) is 0 Å². The number of rotatable bonds is 0. The van der Waals surface area contributed by atoms with Gasteiger partial charge in [-0.1, -0.05) is 18.8 Å². The Balaban J connectivity index is 3.57. The molecule has 0 heterocycles. The zero-order valence-electron chi connectivity index (χ0n) is 5.77. The summed E-state index contributed by atoms with van der Waals surface area (Å²) in [6.07, 6.45) is 1.13. The average molecular weight is 136 g/mol. The topological polar surface area (TPSA) is 37.3 Å². The van der Waals surface area contributed by atoms with Crippen LogP contribution in [0, 0.1) is 23.7 Å². The molecule has 0 aromatic heterocycles. The molecule has 0 fully saturated rings. The second-order valence-electron chi connectivity index (χ2n) is 1.49. The maximum absolute atomic E-state index is 9.81. The maximum atomic E-state index is 9.81. The minimum atomic E-state index is -1.10. The largest absolute Gasteiger partial charge is 0.472 e. The third-order valence-electron chi connectivity index (χ3n) is 0.674. The minimum Gasteiger partial charge on any atom is -0.472 e. The number of hydrogen-bond donors (Lipinski definition) is 1. The van der Waals surface area contributed by atoms with Gasteiger partial charge in [0.05, 0.1) is 6.42 Å². The maximum Gasteiger partial charge on any atom is 0.381 e. The van der Waals surface area contributed by atoms with Crippen molar-refractivity contribution in [1.29, 1.82) is 0 Å². The van der Waals surface area contributed by atoms with Crippen molar-refractivity contribution in [1.82, 2.24) is 0 Å². The standard InChI is InChI=1S/C8H8O2/c1-2-3-4-5-6-7-8(9)10/h2,5H2,1H3,(H,9,10). The quantitative estimate of drug-likeness (QED) is 0.502. The van der Waals surface area contributed by atoms with Crippen molar-refractivity contribution < 1.29 is 9.90 Å². The first-order valence-corrected chi connectivity index (χ1v) is 2.95. The number of aliphatic carboxylic acids is 1. The number of hydrogen-bond acceptors (Lipinski definition) is 1. The minimum absolute atomic E-state index is 0.347. The molecule has 1 N–H and O–H groups in total. The number of carboxylic acids is 1. The van der Waals surface area contributed by atoms with Gasteiger partial charge in [-0.25, -0.2) is 4.79 Å². The molecule has 0 radical (unpaired) electrons. The van der Waals surface area contributed by atoms with Crippen LogP contribution in [0.2, 0.25) is 0 Å². The van der Waals surface area contributed by atoms with Crippen LogP contribution in [0.25, 0.3) is 0 Å². The first-order chi connectivity index (χ1) is 4.77. The van der Waals surface area contributed by atoms with E-state index in [2.05, 4.69) is 17.8 Å². The summed E-state index contributed by atoms with van der Waals surface area (Å²) < 4.78 is 0. The van der Waals surface area contributed by atoms with Crippen molar-refractivity contribution in [2.75, 3.05) is 0 Å². The lowest BCUT2D eigenvalue weighted by molar-refractivity contribution is -0.130. The summed E-state index contributed by atoms with van der Waals surface area (Å²) >= 11 is 0. The fourth-order valence-electron chi connectivity index (χ4n) is 0.352. The third kappa shape index (κ3) is 6.59. The molecule has 2 nitrogen and oxygen atoms in total. The van der Waals surface area contributed by atoms with Gasteiger partial charge in [-0.05, 0) is 0 Å². The van der Waals surface area contributed by atoms with Crippen LogP contribution in [-0.2, 0) is 4.79 Å². The fraction of sp³-hybridized carbons (Fsp3) is 0.375. The van der Waals surface area contributed by atoms with E-state index in [9.17, 15) is 4.79 Å². The van der Waals surface area contributed by atoms with Gasteiger partial charge in [0.15, 0.2) is 0 Å². The average Bonchev–Trinajstić information content (AvgIpc) is 1.87.